The minimum Gasteiger partial charge on any atom is -0.338 e. The molecule has 6 nitrogen and oxygen atoms in total. The molecule has 3 heterocycles. The number of hydrogen-bond acceptors (Lipinski definition) is 3. The van der Waals surface area contributed by atoms with Crippen LogP contribution in [0.1, 0.15) is 31.5 Å². The summed E-state index contributed by atoms with van der Waals surface area (Å²) in [6.07, 6.45) is 2.68. The van der Waals surface area contributed by atoms with Gasteiger partial charge in [-0.2, -0.15) is 0 Å². The second-order valence-electron chi connectivity index (χ2n) is 5.51. The molecule has 1 unspecified atom stereocenters. The molecule has 0 spiro atoms. The van der Waals surface area contributed by atoms with E-state index in [9.17, 15) is 14.0 Å². The Morgan fingerprint density at radius 1 is 1.39 bits per heavy atom. The summed E-state index contributed by atoms with van der Waals surface area (Å²) in [6.45, 7) is 8.11. The first-order valence-corrected chi connectivity index (χ1v) is 7.93. The molecule has 0 saturated carbocycles. The number of fused-ring (bicyclic) bond motifs is 1. The van der Waals surface area contributed by atoms with Crippen molar-refractivity contribution < 1.29 is 9.18 Å². The van der Waals surface area contributed by atoms with Crippen molar-refractivity contribution in [3.05, 3.63) is 34.1 Å². The standard InChI is InChI=1S/C14H17FN4O2.C2H6/c1-9-6-18(8-12(20)17-4-3-11(15)7-17)14(21)19-10(2)5-16-13(9)19;1-2/h5-6,11H,3-4,7-8H2,1-2H3;1-2H3. The van der Waals surface area contributed by atoms with Gasteiger partial charge in [-0.1, -0.05) is 13.8 Å². The van der Waals surface area contributed by atoms with Crippen molar-refractivity contribution >= 4 is 11.6 Å². The first-order valence-electron chi connectivity index (χ1n) is 7.93. The normalized spacial score (nSPS) is 17.3. The van der Waals surface area contributed by atoms with E-state index in [0.717, 1.165) is 11.3 Å². The number of halogens is 1. The second-order valence-corrected chi connectivity index (χ2v) is 5.51. The van der Waals surface area contributed by atoms with Gasteiger partial charge in [-0.3, -0.25) is 9.36 Å². The summed E-state index contributed by atoms with van der Waals surface area (Å²) >= 11 is 0. The van der Waals surface area contributed by atoms with E-state index >= 15 is 0 Å². The Balaban J connectivity index is 0.000000924. The molecule has 1 aliphatic heterocycles. The van der Waals surface area contributed by atoms with Crippen molar-refractivity contribution in [2.45, 2.75) is 46.8 Å². The number of alkyl halides is 1. The molecule has 0 aliphatic carbocycles. The summed E-state index contributed by atoms with van der Waals surface area (Å²) in [6, 6.07) is 0. The van der Waals surface area contributed by atoms with Crippen molar-refractivity contribution in [3.63, 3.8) is 0 Å². The summed E-state index contributed by atoms with van der Waals surface area (Å²) in [5, 5.41) is 0. The Hall–Kier alpha value is -2.18. The van der Waals surface area contributed by atoms with Crippen LogP contribution < -0.4 is 5.69 Å². The summed E-state index contributed by atoms with van der Waals surface area (Å²) in [4.78, 5) is 30.2. The van der Waals surface area contributed by atoms with Crippen LogP contribution in [0.5, 0.6) is 0 Å². The van der Waals surface area contributed by atoms with Crippen LogP contribution in [0.4, 0.5) is 4.39 Å². The van der Waals surface area contributed by atoms with Crippen molar-refractivity contribution in [2.75, 3.05) is 13.1 Å². The monoisotopic (exact) mass is 322 g/mol. The highest BCUT2D eigenvalue weighted by Crippen LogP contribution is 2.13. The molecule has 0 N–H and O–H groups in total. The quantitative estimate of drug-likeness (QED) is 0.846. The number of amides is 1. The lowest BCUT2D eigenvalue weighted by Crippen LogP contribution is -2.37. The number of likely N-dealkylation sites (tertiary alicyclic amines) is 1. The molecule has 1 saturated heterocycles. The van der Waals surface area contributed by atoms with Crippen molar-refractivity contribution in [1.29, 1.82) is 0 Å². The average Bonchev–Trinajstić information content (AvgIpc) is 3.13. The Morgan fingerprint density at radius 2 is 2.09 bits per heavy atom. The third-order valence-electron chi connectivity index (χ3n) is 3.87. The number of aromatic nitrogens is 3. The van der Waals surface area contributed by atoms with Crippen LogP contribution in [0, 0.1) is 13.8 Å². The van der Waals surface area contributed by atoms with Crippen LogP contribution in [0.25, 0.3) is 5.65 Å². The summed E-state index contributed by atoms with van der Waals surface area (Å²) in [5.74, 6) is -0.228. The van der Waals surface area contributed by atoms with E-state index in [1.165, 1.54) is 13.9 Å². The summed E-state index contributed by atoms with van der Waals surface area (Å²) < 4.78 is 16.0. The molecule has 1 aliphatic rings. The number of aryl methyl sites for hydroxylation is 2. The Morgan fingerprint density at radius 3 is 2.70 bits per heavy atom. The van der Waals surface area contributed by atoms with Crippen LogP contribution >= 0.6 is 0 Å². The molecular weight excluding hydrogens is 299 g/mol. The highest BCUT2D eigenvalue weighted by atomic mass is 19.1. The zero-order valence-corrected chi connectivity index (χ0v) is 14.0. The van der Waals surface area contributed by atoms with Gasteiger partial charge in [-0.25, -0.2) is 18.6 Å². The fourth-order valence-electron chi connectivity index (χ4n) is 2.74. The van der Waals surface area contributed by atoms with Gasteiger partial charge in [-0.15, -0.1) is 0 Å². The first kappa shape index (κ1) is 17.2. The van der Waals surface area contributed by atoms with Gasteiger partial charge >= 0.3 is 5.69 Å². The first-order chi connectivity index (χ1) is 11.0. The molecule has 2 aromatic heterocycles. The summed E-state index contributed by atoms with van der Waals surface area (Å²) in [7, 11) is 0. The van der Waals surface area contributed by atoms with E-state index in [0.29, 0.717) is 18.6 Å². The molecule has 2 aromatic rings. The van der Waals surface area contributed by atoms with Crippen LogP contribution in [0.2, 0.25) is 0 Å². The fourth-order valence-corrected chi connectivity index (χ4v) is 2.74. The lowest BCUT2D eigenvalue weighted by molar-refractivity contribution is -0.131. The molecule has 3 rings (SSSR count). The highest BCUT2D eigenvalue weighted by Gasteiger charge is 2.26. The van der Waals surface area contributed by atoms with Gasteiger partial charge in [0.05, 0.1) is 6.54 Å². The van der Waals surface area contributed by atoms with Gasteiger partial charge in [0.2, 0.25) is 5.91 Å². The zero-order valence-electron chi connectivity index (χ0n) is 14.0. The molecule has 23 heavy (non-hydrogen) atoms. The molecule has 7 heteroatoms. The van der Waals surface area contributed by atoms with Crippen molar-refractivity contribution in [3.8, 4) is 0 Å². The number of carbonyl (C=O) groups is 1. The number of rotatable bonds is 2. The van der Waals surface area contributed by atoms with Gasteiger partial charge in [0, 0.05) is 30.2 Å². The van der Waals surface area contributed by atoms with Crippen molar-refractivity contribution in [1.82, 2.24) is 18.9 Å². The maximum Gasteiger partial charge on any atom is 0.334 e. The predicted octanol–water partition coefficient (Wildman–Crippen LogP) is 1.71. The number of carbonyl (C=O) groups excluding carboxylic acids is 1. The third kappa shape index (κ3) is 3.28. The smallest absolute Gasteiger partial charge is 0.334 e. The summed E-state index contributed by atoms with van der Waals surface area (Å²) in [5.41, 5.74) is 1.85. The third-order valence-corrected chi connectivity index (χ3v) is 3.87. The predicted molar refractivity (Wildman–Crippen MR) is 86.4 cm³/mol. The van der Waals surface area contributed by atoms with E-state index in [1.54, 1.807) is 19.3 Å². The van der Waals surface area contributed by atoms with E-state index in [1.807, 2.05) is 20.8 Å². The SMILES string of the molecule is CC.Cc1cn(CC(=O)N2CCC(F)C2)c(=O)n2c(C)cnc12. The molecule has 1 atom stereocenters. The fraction of sp³-hybridized carbons (Fsp3) is 0.562. The second kappa shape index (κ2) is 6.93. The van der Waals surface area contributed by atoms with Crippen LogP contribution in [0.15, 0.2) is 17.2 Å². The molecular formula is C16H23FN4O2. The Bertz CT molecular complexity index is 765. The molecule has 1 fully saturated rings. The van der Waals surface area contributed by atoms with Crippen LogP contribution in [0.3, 0.4) is 0 Å². The van der Waals surface area contributed by atoms with Gasteiger partial charge in [0.1, 0.15) is 18.4 Å². The minimum absolute atomic E-state index is 0.0695. The lowest BCUT2D eigenvalue weighted by atomic mass is 10.3. The Kier molecular flexibility index (Phi) is 5.18. The maximum absolute atomic E-state index is 13.2. The Labute approximate surface area is 134 Å². The zero-order chi connectivity index (χ0) is 17.1. The van der Waals surface area contributed by atoms with E-state index in [2.05, 4.69) is 4.98 Å². The van der Waals surface area contributed by atoms with E-state index in [4.69, 9.17) is 0 Å². The number of hydrogen-bond donors (Lipinski definition) is 0. The van der Waals surface area contributed by atoms with Gasteiger partial charge in [-0.05, 0) is 20.3 Å². The molecule has 126 valence electrons. The average molecular weight is 322 g/mol. The van der Waals surface area contributed by atoms with Crippen LogP contribution in [-0.2, 0) is 11.3 Å². The van der Waals surface area contributed by atoms with Crippen molar-refractivity contribution in [2.24, 2.45) is 0 Å². The highest BCUT2D eigenvalue weighted by molar-refractivity contribution is 5.76. The topological polar surface area (TPSA) is 59.6 Å². The molecule has 0 aromatic carbocycles. The van der Waals surface area contributed by atoms with Gasteiger partial charge in [0.15, 0.2) is 0 Å². The van der Waals surface area contributed by atoms with E-state index in [-0.39, 0.29) is 24.7 Å². The molecule has 0 bridgehead atoms. The largest absolute Gasteiger partial charge is 0.338 e. The molecule has 0 radical (unpaired) electrons. The van der Waals surface area contributed by atoms with Crippen LogP contribution in [-0.4, -0.2) is 44.0 Å². The minimum atomic E-state index is -0.953. The maximum atomic E-state index is 13.2. The van der Waals surface area contributed by atoms with Gasteiger partial charge in [0.25, 0.3) is 0 Å². The number of nitrogens with zero attached hydrogens (tertiary/aromatic N) is 4. The molecule has 1 amide bonds. The lowest BCUT2D eigenvalue weighted by Gasteiger charge is -2.16. The van der Waals surface area contributed by atoms with Gasteiger partial charge < -0.3 is 4.90 Å². The van der Waals surface area contributed by atoms with E-state index < -0.39 is 6.17 Å². The number of imidazole rings is 1.